The maximum Gasteiger partial charge on any atom is 0.241 e. The highest BCUT2D eigenvalue weighted by atomic mass is 16.5. The molecule has 4 rings (SSSR count). The zero-order valence-electron chi connectivity index (χ0n) is 17.0. The number of fused-ring (bicyclic) bond motifs is 1. The maximum atomic E-state index is 13.0. The molecule has 5 heteroatoms. The molecule has 2 N–H and O–H groups in total. The summed E-state index contributed by atoms with van der Waals surface area (Å²) in [5.74, 6) is 1.33. The highest BCUT2D eigenvalue weighted by molar-refractivity contribution is 5.97. The van der Waals surface area contributed by atoms with E-state index in [0.717, 1.165) is 38.2 Å². The van der Waals surface area contributed by atoms with Gasteiger partial charge in [0, 0.05) is 43.0 Å². The van der Waals surface area contributed by atoms with E-state index in [1.807, 2.05) is 6.07 Å². The second-order valence-corrected chi connectivity index (χ2v) is 8.40. The van der Waals surface area contributed by atoms with Gasteiger partial charge in [-0.05, 0) is 55.5 Å². The van der Waals surface area contributed by atoms with Crippen LogP contribution in [0.15, 0.2) is 30.5 Å². The summed E-state index contributed by atoms with van der Waals surface area (Å²) in [6.45, 7) is 2.67. The van der Waals surface area contributed by atoms with Gasteiger partial charge in [-0.3, -0.25) is 4.79 Å². The topological polar surface area (TPSA) is 55.3 Å². The van der Waals surface area contributed by atoms with Crippen molar-refractivity contribution in [3.05, 3.63) is 30.5 Å². The van der Waals surface area contributed by atoms with Crippen molar-refractivity contribution >= 4 is 22.5 Å². The van der Waals surface area contributed by atoms with Crippen molar-refractivity contribution in [2.75, 3.05) is 25.6 Å². The number of anilines is 1. The lowest BCUT2D eigenvalue weighted by atomic mass is 9.76. The van der Waals surface area contributed by atoms with E-state index in [9.17, 15) is 4.79 Å². The van der Waals surface area contributed by atoms with Crippen LogP contribution < -0.4 is 10.6 Å². The fraction of sp³-hybridized carbons (Fsp3) is 0.609. The minimum absolute atomic E-state index is 0.0440. The molecular formula is C23H33N3O2. The number of amides is 1. The van der Waals surface area contributed by atoms with Crippen LogP contribution in [0, 0.1) is 11.8 Å². The molecule has 0 spiro atoms. The quantitative estimate of drug-likeness (QED) is 0.706. The number of ether oxygens (including phenoxy) is 1. The van der Waals surface area contributed by atoms with Crippen molar-refractivity contribution in [1.29, 1.82) is 0 Å². The van der Waals surface area contributed by atoms with Crippen LogP contribution in [0.4, 0.5) is 5.69 Å². The SMILES string of the molecule is COCCCn1ccc2cc(NC(=O)[C@H]3NCC[C@H]3C3CCCCC3)ccc21. The maximum absolute atomic E-state index is 13.0. The summed E-state index contributed by atoms with van der Waals surface area (Å²) in [4.78, 5) is 13.0. The third-order valence-corrected chi connectivity index (χ3v) is 6.59. The van der Waals surface area contributed by atoms with E-state index in [1.54, 1.807) is 7.11 Å². The number of carbonyl (C=O) groups is 1. The molecule has 2 heterocycles. The Morgan fingerprint density at radius 1 is 1.21 bits per heavy atom. The zero-order valence-corrected chi connectivity index (χ0v) is 17.0. The fourth-order valence-corrected chi connectivity index (χ4v) is 5.15. The predicted octanol–water partition coefficient (Wildman–Crippen LogP) is 4.17. The highest BCUT2D eigenvalue weighted by Crippen LogP contribution is 2.36. The molecule has 5 nitrogen and oxygen atoms in total. The number of carbonyl (C=O) groups excluding carboxylic acids is 1. The Balaban J connectivity index is 1.41. The molecule has 0 unspecified atom stereocenters. The highest BCUT2D eigenvalue weighted by Gasteiger charge is 2.38. The molecule has 28 heavy (non-hydrogen) atoms. The number of methoxy groups -OCH3 is 1. The molecule has 2 aliphatic rings. The number of aryl methyl sites for hydroxylation is 1. The van der Waals surface area contributed by atoms with Gasteiger partial charge >= 0.3 is 0 Å². The Bertz CT molecular complexity index is 794. The van der Waals surface area contributed by atoms with Crippen LogP contribution in [0.25, 0.3) is 10.9 Å². The smallest absolute Gasteiger partial charge is 0.241 e. The summed E-state index contributed by atoms with van der Waals surface area (Å²) in [7, 11) is 1.74. The Morgan fingerprint density at radius 2 is 2.07 bits per heavy atom. The second kappa shape index (κ2) is 9.10. The number of hydrogen-bond donors (Lipinski definition) is 2. The lowest BCUT2D eigenvalue weighted by Gasteiger charge is -2.30. The van der Waals surface area contributed by atoms with Crippen molar-refractivity contribution < 1.29 is 9.53 Å². The summed E-state index contributed by atoms with van der Waals surface area (Å²) in [6, 6.07) is 8.30. The van der Waals surface area contributed by atoms with Crippen LogP contribution >= 0.6 is 0 Å². The molecule has 2 atom stereocenters. The first-order valence-electron chi connectivity index (χ1n) is 10.9. The Hall–Kier alpha value is -1.85. The first-order valence-corrected chi connectivity index (χ1v) is 10.9. The molecule has 0 radical (unpaired) electrons. The van der Waals surface area contributed by atoms with Crippen LogP contribution in [-0.2, 0) is 16.1 Å². The van der Waals surface area contributed by atoms with E-state index in [1.165, 1.54) is 43.0 Å². The molecule has 1 aliphatic heterocycles. The van der Waals surface area contributed by atoms with Crippen molar-refractivity contribution in [2.45, 2.75) is 57.5 Å². The average Bonchev–Trinajstić information content (AvgIpc) is 3.36. The van der Waals surface area contributed by atoms with E-state index >= 15 is 0 Å². The standard InChI is InChI=1S/C23H33N3O2/c1-28-15-5-13-26-14-11-18-16-19(8-9-21(18)26)25-23(27)22-20(10-12-24-22)17-6-3-2-4-7-17/h8-9,11,14,16-17,20,22,24H,2-7,10,12-13,15H2,1H3,(H,25,27)/t20-,22-/m0/s1. The van der Waals surface area contributed by atoms with Crippen molar-refractivity contribution in [1.82, 2.24) is 9.88 Å². The van der Waals surface area contributed by atoms with Gasteiger partial charge < -0.3 is 19.9 Å². The van der Waals surface area contributed by atoms with Crippen molar-refractivity contribution in [3.63, 3.8) is 0 Å². The summed E-state index contributed by atoms with van der Waals surface area (Å²) < 4.78 is 7.40. The lowest BCUT2D eigenvalue weighted by molar-refractivity contribution is -0.119. The molecule has 1 saturated carbocycles. The number of nitrogens with one attached hydrogen (secondary N) is 2. The number of benzene rings is 1. The molecule has 0 bridgehead atoms. The molecule has 1 aromatic carbocycles. The molecule has 2 aromatic rings. The third kappa shape index (κ3) is 4.26. The van der Waals surface area contributed by atoms with Crippen LogP contribution in [0.3, 0.4) is 0 Å². The summed E-state index contributed by atoms with van der Waals surface area (Å²) in [5, 5.41) is 7.81. The van der Waals surface area contributed by atoms with Gasteiger partial charge in [0.15, 0.2) is 0 Å². The molecule has 152 valence electrons. The van der Waals surface area contributed by atoms with Gasteiger partial charge in [0.05, 0.1) is 6.04 Å². The minimum atomic E-state index is -0.0440. The number of aromatic nitrogens is 1. The van der Waals surface area contributed by atoms with Gasteiger partial charge in [0.1, 0.15) is 0 Å². The summed E-state index contributed by atoms with van der Waals surface area (Å²) >= 11 is 0. The first-order chi connectivity index (χ1) is 13.8. The van der Waals surface area contributed by atoms with Gasteiger partial charge in [-0.1, -0.05) is 32.1 Å². The van der Waals surface area contributed by atoms with E-state index in [2.05, 4.69) is 39.6 Å². The van der Waals surface area contributed by atoms with Gasteiger partial charge in [0.2, 0.25) is 5.91 Å². The largest absolute Gasteiger partial charge is 0.385 e. The minimum Gasteiger partial charge on any atom is -0.385 e. The molecular weight excluding hydrogens is 350 g/mol. The number of hydrogen-bond acceptors (Lipinski definition) is 3. The second-order valence-electron chi connectivity index (χ2n) is 8.40. The van der Waals surface area contributed by atoms with E-state index in [-0.39, 0.29) is 11.9 Å². The number of rotatable bonds is 7. The van der Waals surface area contributed by atoms with Gasteiger partial charge in [-0.25, -0.2) is 0 Å². The van der Waals surface area contributed by atoms with Crippen molar-refractivity contribution in [2.24, 2.45) is 11.8 Å². The van der Waals surface area contributed by atoms with Gasteiger partial charge in [-0.2, -0.15) is 0 Å². The van der Waals surface area contributed by atoms with Crippen molar-refractivity contribution in [3.8, 4) is 0 Å². The summed E-state index contributed by atoms with van der Waals surface area (Å²) in [5.41, 5.74) is 2.09. The number of nitrogens with zero attached hydrogens (tertiary/aromatic N) is 1. The zero-order chi connectivity index (χ0) is 19.3. The Kier molecular flexibility index (Phi) is 6.33. The Morgan fingerprint density at radius 3 is 2.89 bits per heavy atom. The predicted molar refractivity (Wildman–Crippen MR) is 114 cm³/mol. The average molecular weight is 384 g/mol. The molecule has 2 fully saturated rings. The van der Waals surface area contributed by atoms with E-state index in [0.29, 0.717) is 11.8 Å². The van der Waals surface area contributed by atoms with E-state index in [4.69, 9.17) is 4.74 Å². The first kappa shape index (κ1) is 19.5. The van der Waals surface area contributed by atoms with Crippen LogP contribution in [0.2, 0.25) is 0 Å². The van der Waals surface area contributed by atoms with Crippen LogP contribution in [0.1, 0.15) is 44.9 Å². The lowest BCUT2D eigenvalue weighted by Crippen LogP contribution is -2.42. The van der Waals surface area contributed by atoms with E-state index < -0.39 is 0 Å². The van der Waals surface area contributed by atoms with Gasteiger partial charge in [-0.15, -0.1) is 0 Å². The van der Waals surface area contributed by atoms with Crippen LogP contribution in [0.5, 0.6) is 0 Å². The molecule has 1 aliphatic carbocycles. The normalized spacial score (nSPS) is 23.3. The third-order valence-electron chi connectivity index (χ3n) is 6.59. The fourth-order valence-electron chi connectivity index (χ4n) is 5.15. The van der Waals surface area contributed by atoms with Gasteiger partial charge in [0.25, 0.3) is 0 Å². The Labute approximate surface area is 167 Å². The molecule has 1 amide bonds. The molecule has 1 saturated heterocycles. The molecule has 1 aromatic heterocycles. The summed E-state index contributed by atoms with van der Waals surface area (Å²) in [6.07, 6.45) is 10.8. The monoisotopic (exact) mass is 383 g/mol. The van der Waals surface area contributed by atoms with Crippen LogP contribution in [-0.4, -0.2) is 36.8 Å².